The van der Waals surface area contributed by atoms with Crippen molar-refractivity contribution >= 4 is 5.84 Å². The SMILES string of the molecule is Cc1ccc(C(=NC(C)(C)C)NN)cn1. The van der Waals surface area contributed by atoms with Crippen molar-refractivity contribution < 1.29 is 0 Å². The van der Waals surface area contributed by atoms with Crippen LogP contribution in [-0.4, -0.2) is 16.4 Å². The van der Waals surface area contributed by atoms with Crippen molar-refractivity contribution in [3.05, 3.63) is 29.6 Å². The van der Waals surface area contributed by atoms with Crippen LogP contribution in [0.15, 0.2) is 23.3 Å². The molecule has 1 aromatic heterocycles. The van der Waals surface area contributed by atoms with Crippen molar-refractivity contribution in [2.75, 3.05) is 0 Å². The largest absolute Gasteiger partial charge is 0.308 e. The van der Waals surface area contributed by atoms with E-state index in [1.807, 2.05) is 39.8 Å². The van der Waals surface area contributed by atoms with Gasteiger partial charge in [0.25, 0.3) is 0 Å². The van der Waals surface area contributed by atoms with Gasteiger partial charge in [-0.3, -0.25) is 9.98 Å². The maximum absolute atomic E-state index is 5.44. The van der Waals surface area contributed by atoms with Crippen LogP contribution in [0, 0.1) is 6.92 Å². The third-order valence-corrected chi connectivity index (χ3v) is 1.77. The minimum Gasteiger partial charge on any atom is -0.308 e. The molecule has 0 atom stereocenters. The normalized spacial score (nSPS) is 12.7. The summed E-state index contributed by atoms with van der Waals surface area (Å²) in [7, 11) is 0. The molecule has 0 aliphatic carbocycles. The number of nitrogens with one attached hydrogen (secondary N) is 1. The van der Waals surface area contributed by atoms with E-state index in [1.54, 1.807) is 6.20 Å². The van der Waals surface area contributed by atoms with Crippen molar-refractivity contribution in [1.82, 2.24) is 10.4 Å². The smallest absolute Gasteiger partial charge is 0.144 e. The van der Waals surface area contributed by atoms with E-state index in [4.69, 9.17) is 5.84 Å². The number of hydrazine groups is 1. The molecule has 82 valence electrons. The van der Waals surface area contributed by atoms with E-state index in [0.29, 0.717) is 5.84 Å². The third-order valence-electron chi connectivity index (χ3n) is 1.77. The highest BCUT2D eigenvalue weighted by atomic mass is 15.3. The summed E-state index contributed by atoms with van der Waals surface area (Å²) in [5, 5.41) is 0. The third kappa shape index (κ3) is 3.67. The Balaban J connectivity index is 3.03. The van der Waals surface area contributed by atoms with Crippen LogP contribution in [0.5, 0.6) is 0 Å². The van der Waals surface area contributed by atoms with Crippen LogP contribution >= 0.6 is 0 Å². The number of aryl methyl sites for hydroxylation is 1. The number of amidine groups is 1. The van der Waals surface area contributed by atoms with Gasteiger partial charge < -0.3 is 5.43 Å². The van der Waals surface area contributed by atoms with Gasteiger partial charge in [0.15, 0.2) is 0 Å². The summed E-state index contributed by atoms with van der Waals surface area (Å²) >= 11 is 0. The Hall–Kier alpha value is -1.42. The summed E-state index contributed by atoms with van der Waals surface area (Å²) in [6.07, 6.45) is 1.76. The predicted molar refractivity (Wildman–Crippen MR) is 62.6 cm³/mol. The summed E-state index contributed by atoms with van der Waals surface area (Å²) in [4.78, 5) is 8.67. The first kappa shape index (κ1) is 11.7. The number of hydrogen-bond acceptors (Lipinski definition) is 3. The second-order valence-electron chi connectivity index (χ2n) is 4.46. The molecule has 1 heterocycles. The Labute approximate surface area is 90.6 Å². The van der Waals surface area contributed by atoms with Crippen molar-refractivity contribution in [3.8, 4) is 0 Å². The highest BCUT2D eigenvalue weighted by Crippen LogP contribution is 2.09. The van der Waals surface area contributed by atoms with Gasteiger partial charge in [0.2, 0.25) is 0 Å². The monoisotopic (exact) mass is 206 g/mol. The summed E-state index contributed by atoms with van der Waals surface area (Å²) in [5.74, 6) is 6.10. The molecule has 0 fully saturated rings. The van der Waals surface area contributed by atoms with Crippen molar-refractivity contribution in [1.29, 1.82) is 0 Å². The lowest BCUT2D eigenvalue weighted by Gasteiger charge is -2.15. The van der Waals surface area contributed by atoms with Gasteiger partial charge in [0.1, 0.15) is 5.84 Å². The highest BCUT2D eigenvalue weighted by Gasteiger charge is 2.10. The molecule has 3 N–H and O–H groups in total. The van der Waals surface area contributed by atoms with Gasteiger partial charge in [-0.15, -0.1) is 0 Å². The molecule has 15 heavy (non-hydrogen) atoms. The van der Waals surface area contributed by atoms with Gasteiger partial charge in [-0.25, -0.2) is 5.84 Å². The summed E-state index contributed by atoms with van der Waals surface area (Å²) < 4.78 is 0. The molecule has 0 amide bonds. The fourth-order valence-electron chi connectivity index (χ4n) is 1.12. The van der Waals surface area contributed by atoms with E-state index in [9.17, 15) is 0 Å². The second kappa shape index (κ2) is 4.40. The van der Waals surface area contributed by atoms with E-state index in [1.165, 1.54) is 0 Å². The van der Waals surface area contributed by atoms with Gasteiger partial charge in [0.05, 0.1) is 5.54 Å². The van der Waals surface area contributed by atoms with Crippen LogP contribution in [-0.2, 0) is 0 Å². The van der Waals surface area contributed by atoms with Crippen LogP contribution in [0.3, 0.4) is 0 Å². The molecule has 0 unspecified atom stereocenters. The first-order valence-electron chi connectivity index (χ1n) is 4.92. The van der Waals surface area contributed by atoms with E-state index >= 15 is 0 Å². The van der Waals surface area contributed by atoms with Gasteiger partial charge in [-0.05, 0) is 39.8 Å². The fraction of sp³-hybridized carbons (Fsp3) is 0.455. The number of pyridine rings is 1. The Morgan fingerprint density at radius 2 is 2.07 bits per heavy atom. The maximum Gasteiger partial charge on any atom is 0.144 e. The Morgan fingerprint density at radius 3 is 2.47 bits per heavy atom. The predicted octanol–water partition coefficient (Wildman–Crippen LogP) is 1.40. The first-order chi connectivity index (χ1) is 6.92. The van der Waals surface area contributed by atoms with Gasteiger partial charge >= 0.3 is 0 Å². The summed E-state index contributed by atoms with van der Waals surface area (Å²) in [6, 6.07) is 3.89. The molecule has 1 rings (SSSR count). The minimum atomic E-state index is -0.160. The van der Waals surface area contributed by atoms with Crippen LogP contribution < -0.4 is 11.3 Å². The van der Waals surface area contributed by atoms with Crippen molar-refractivity contribution in [2.45, 2.75) is 33.2 Å². The minimum absolute atomic E-state index is 0.160. The lowest BCUT2D eigenvalue weighted by Crippen LogP contribution is -2.33. The molecule has 0 aliphatic rings. The topological polar surface area (TPSA) is 63.3 Å². The summed E-state index contributed by atoms with van der Waals surface area (Å²) in [6.45, 7) is 8.00. The average Bonchev–Trinajstić information content (AvgIpc) is 2.14. The van der Waals surface area contributed by atoms with Crippen LogP contribution in [0.4, 0.5) is 0 Å². The average molecular weight is 206 g/mol. The molecular weight excluding hydrogens is 188 g/mol. The van der Waals surface area contributed by atoms with Crippen LogP contribution in [0.2, 0.25) is 0 Å². The molecule has 4 heteroatoms. The van der Waals surface area contributed by atoms with Crippen molar-refractivity contribution in [3.63, 3.8) is 0 Å². The van der Waals surface area contributed by atoms with E-state index in [2.05, 4.69) is 15.4 Å². The number of nitrogens with two attached hydrogens (primary N) is 1. The molecule has 0 radical (unpaired) electrons. The lowest BCUT2D eigenvalue weighted by molar-refractivity contribution is 0.580. The van der Waals surface area contributed by atoms with Gasteiger partial charge in [0, 0.05) is 17.5 Å². The number of nitrogens with zero attached hydrogens (tertiary/aromatic N) is 2. The highest BCUT2D eigenvalue weighted by molar-refractivity contribution is 5.98. The molecule has 1 aromatic rings. The van der Waals surface area contributed by atoms with E-state index in [-0.39, 0.29) is 5.54 Å². The molecule has 0 saturated heterocycles. The molecule has 0 saturated carbocycles. The Bertz CT molecular complexity index is 346. The number of aliphatic imine (C=N–C) groups is 1. The zero-order chi connectivity index (χ0) is 11.5. The molecular formula is C11H18N4. The van der Waals surface area contributed by atoms with Crippen LogP contribution in [0.25, 0.3) is 0 Å². The first-order valence-corrected chi connectivity index (χ1v) is 4.92. The summed E-state index contributed by atoms with van der Waals surface area (Å²) in [5.41, 5.74) is 4.32. The zero-order valence-electron chi connectivity index (χ0n) is 9.70. The standard InChI is InChI=1S/C11H18N4/c1-8-5-6-9(7-13-8)10(15-12)14-11(2,3)4/h5-7H,12H2,1-4H3,(H,14,15). The number of rotatable bonds is 1. The molecule has 0 aliphatic heterocycles. The van der Waals surface area contributed by atoms with E-state index < -0.39 is 0 Å². The Morgan fingerprint density at radius 1 is 1.40 bits per heavy atom. The maximum atomic E-state index is 5.44. The molecule has 4 nitrogen and oxygen atoms in total. The number of hydrogen-bond donors (Lipinski definition) is 2. The van der Waals surface area contributed by atoms with Crippen molar-refractivity contribution in [2.24, 2.45) is 10.8 Å². The number of aromatic nitrogens is 1. The molecule has 0 aromatic carbocycles. The molecule has 0 bridgehead atoms. The van der Waals surface area contributed by atoms with E-state index in [0.717, 1.165) is 11.3 Å². The van der Waals surface area contributed by atoms with Crippen LogP contribution in [0.1, 0.15) is 32.0 Å². The van der Waals surface area contributed by atoms with Gasteiger partial charge in [-0.1, -0.05) is 0 Å². The fourth-order valence-corrected chi connectivity index (χ4v) is 1.12. The zero-order valence-corrected chi connectivity index (χ0v) is 9.70. The lowest BCUT2D eigenvalue weighted by atomic mass is 10.1. The second-order valence-corrected chi connectivity index (χ2v) is 4.46. The Kier molecular flexibility index (Phi) is 3.42. The quantitative estimate of drug-likeness (QED) is 0.316. The van der Waals surface area contributed by atoms with Gasteiger partial charge in [-0.2, -0.15) is 0 Å². The molecule has 0 spiro atoms.